The summed E-state index contributed by atoms with van der Waals surface area (Å²) in [7, 11) is 0. The lowest BCUT2D eigenvalue weighted by molar-refractivity contribution is -0.118. The van der Waals surface area contributed by atoms with Crippen LogP contribution in [0.25, 0.3) is 0 Å². The smallest absolute Gasteiger partial charge is 0.324 e. The molecule has 0 unspecified atom stereocenters. The number of nitrogens with one attached hydrogen (secondary N) is 3. The van der Waals surface area contributed by atoms with Gasteiger partial charge in [-0.3, -0.25) is 15.5 Å². The molecule has 7 heteroatoms. The van der Waals surface area contributed by atoms with Crippen molar-refractivity contribution >= 4 is 11.9 Å². The molecule has 1 heterocycles. The van der Waals surface area contributed by atoms with Crippen molar-refractivity contribution in [2.75, 3.05) is 26.2 Å². The van der Waals surface area contributed by atoms with E-state index in [1.807, 2.05) is 6.07 Å². The molecule has 3 fully saturated rings. The van der Waals surface area contributed by atoms with Crippen LogP contribution in [-0.4, -0.2) is 43.1 Å². The first-order valence-electron chi connectivity index (χ1n) is 10.5. The number of amides is 3. The number of nitrogens with zero attached hydrogens (tertiary/aromatic N) is 1. The van der Waals surface area contributed by atoms with Gasteiger partial charge in [0.2, 0.25) is 5.91 Å². The molecule has 7 nitrogen and oxygen atoms in total. The molecule has 0 bridgehead atoms. The van der Waals surface area contributed by atoms with E-state index in [2.05, 4.69) is 34.4 Å². The topological polar surface area (TPSA) is 82.7 Å². The number of rotatable bonds is 12. The summed E-state index contributed by atoms with van der Waals surface area (Å²) in [6, 6.07) is 8.21. The lowest BCUT2D eigenvalue weighted by Crippen LogP contribution is -2.41. The molecule has 1 aromatic carbocycles. The predicted molar refractivity (Wildman–Crippen MR) is 106 cm³/mol. The van der Waals surface area contributed by atoms with Crippen molar-refractivity contribution in [2.24, 2.45) is 5.92 Å². The van der Waals surface area contributed by atoms with Crippen LogP contribution in [0.2, 0.25) is 0 Å². The standard InChI is InChI=1S/C21H30N4O3/c26-19-14-25(20(27)23-19)12-3-1-2-11-22-24-21(9-10-21)17-5-4-6-18(13-17)28-15-16-7-8-16/h4-6,13,16,22,24H,1-3,7-12,14-15H2,(H,23,26,27). The van der Waals surface area contributed by atoms with E-state index in [0.717, 1.165) is 56.9 Å². The second-order valence-electron chi connectivity index (χ2n) is 8.25. The fourth-order valence-electron chi connectivity index (χ4n) is 3.58. The predicted octanol–water partition coefficient (Wildman–Crippen LogP) is 2.28. The number of hydrazine groups is 1. The summed E-state index contributed by atoms with van der Waals surface area (Å²) in [4.78, 5) is 24.2. The van der Waals surface area contributed by atoms with Gasteiger partial charge in [-0.2, -0.15) is 0 Å². The summed E-state index contributed by atoms with van der Waals surface area (Å²) in [5.41, 5.74) is 8.21. The molecule has 3 amide bonds. The lowest BCUT2D eigenvalue weighted by Gasteiger charge is -2.20. The zero-order chi connectivity index (χ0) is 19.4. The van der Waals surface area contributed by atoms with E-state index >= 15 is 0 Å². The largest absolute Gasteiger partial charge is 0.493 e. The number of hydrogen-bond donors (Lipinski definition) is 3. The van der Waals surface area contributed by atoms with Gasteiger partial charge in [-0.1, -0.05) is 18.6 Å². The average Bonchev–Trinajstić information content (AvgIpc) is 3.60. The van der Waals surface area contributed by atoms with Gasteiger partial charge >= 0.3 is 6.03 Å². The first-order chi connectivity index (χ1) is 13.6. The van der Waals surface area contributed by atoms with Gasteiger partial charge in [-0.05, 0) is 62.1 Å². The monoisotopic (exact) mass is 386 g/mol. The molecule has 0 radical (unpaired) electrons. The van der Waals surface area contributed by atoms with Crippen molar-refractivity contribution in [2.45, 2.75) is 50.5 Å². The molecule has 3 aliphatic rings. The van der Waals surface area contributed by atoms with Gasteiger partial charge in [-0.15, -0.1) is 0 Å². The van der Waals surface area contributed by atoms with Crippen LogP contribution in [0.5, 0.6) is 5.75 Å². The Balaban J connectivity index is 1.12. The number of ether oxygens (including phenoxy) is 1. The molecule has 0 spiro atoms. The third kappa shape index (κ3) is 5.02. The Morgan fingerprint density at radius 1 is 1.18 bits per heavy atom. The highest BCUT2D eigenvalue weighted by Crippen LogP contribution is 2.45. The van der Waals surface area contributed by atoms with Crippen LogP contribution in [0, 0.1) is 5.92 Å². The number of imide groups is 1. The van der Waals surface area contributed by atoms with Gasteiger partial charge in [0.05, 0.1) is 12.1 Å². The molecule has 1 aliphatic heterocycles. The molecule has 4 rings (SSSR count). The zero-order valence-electron chi connectivity index (χ0n) is 16.3. The Bertz CT molecular complexity index is 715. The van der Waals surface area contributed by atoms with Crippen LogP contribution in [0.1, 0.15) is 50.5 Å². The molecule has 2 aliphatic carbocycles. The van der Waals surface area contributed by atoms with Gasteiger partial charge in [-0.25, -0.2) is 10.2 Å². The van der Waals surface area contributed by atoms with E-state index in [4.69, 9.17) is 4.74 Å². The van der Waals surface area contributed by atoms with E-state index in [0.29, 0.717) is 6.54 Å². The highest BCUT2D eigenvalue weighted by atomic mass is 16.5. The zero-order valence-corrected chi connectivity index (χ0v) is 16.3. The lowest BCUT2D eigenvalue weighted by atomic mass is 10.1. The molecule has 1 aromatic rings. The number of unbranched alkanes of at least 4 members (excludes halogenated alkanes) is 2. The van der Waals surface area contributed by atoms with Gasteiger partial charge < -0.3 is 9.64 Å². The van der Waals surface area contributed by atoms with E-state index < -0.39 is 0 Å². The maximum absolute atomic E-state index is 11.5. The number of benzene rings is 1. The maximum atomic E-state index is 11.5. The van der Waals surface area contributed by atoms with Crippen LogP contribution >= 0.6 is 0 Å². The van der Waals surface area contributed by atoms with E-state index in [1.165, 1.54) is 18.4 Å². The number of urea groups is 1. The van der Waals surface area contributed by atoms with E-state index in [-0.39, 0.29) is 24.0 Å². The Morgan fingerprint density at radius 2 is 2.04 bits per heavy atom. The SMILES string of the molecule is O=C1CN(CCCCCNNC2(c3cccc(OCC4CC4)c3)CC2)C(=O)N1. The fraction of sp³-hybridized carbons (Fsp3) is 0.619. The highest BCUT2D eigenvalue weighted by molar-refractivity contribution is 6.01. The normalized spacial score (nSPS) is 20.4. The molecule has 0 aromatic heterocycles. The summed E-state index contributed by atoms with van der Waals surface area (Å²) >= 11 is 0. The van der Waals surface area contributed by atoms with Crippen LogP contribution < -0.4 is 20.9 Å². The molecule has 3 N–H and O–H groups in total. The Hall–Kier alpha value is -2.12. The molecule has 0 atom stereocenters. The van der Waals surface area contributed by atoms with Crippen LogP contribution in [-0.2, 0) is 10.3 Å². The van der Waals surface area contributed by atoms with Crippen molar-refractivity contribution in [3.63, 3.8) is 0 Å². The van der Waals surface area contributed by atoms with E-state index in [1.54, 1.807) is 4.90 Å². The first kappa shape index (κ1) is 19.2. The number of carbonyl (C=O) groups excluding carboxylic acids is 2. The van der Waals surface area contributed by atoms with Crippen molar-refractivity contribution in [1.82, 2.24) is 21.1 Å². The summed E-state index contributed by atoms with van der Waals surface area (Å²) < 4.78 is 5.92. The third-order valence-electron chi connectivity index (χ3n) is 5.74. The Kier molecular flexibility index (Phi) is 5.82. The van der Waals surface area contributed by atoms with E-state index in [9.17, 15) is 9.59 Å². The highest BCUT2D eigenvalue weighted by Gasteiger charge is 2.44. The van der Waals surface area contributed by atoms with Gasteiger partial charge in [0.1, 0.15) is 12.3 Å². The van der Waals surface area contributed by atoms with Crippen LogP contribution in [0.3, 0.4) is 0 Å². The number of hydrogen-bond acceptors (Lipinski definition) is 5. The van der Waals surface area contributed by atoms with Crippen molar-refractivity contribution in [3.05, 3.63) is 29.8 Å². The maximum Gasteiger partial charge on any atom is 0.324 e. The molecule has 28 heavy (non-hydrogen) atoms. The summed E-state index contributed by atoms with van der Waals surface area (Å²) in [6.07, 6.45) is 7.82. The minimum absolute atomic E-state index is 0.0347. The molecular formula is C21H30N4O3. The van der Waals surface area contributed by atoms with Crippen LogP contribution in [0.15, 0.2) is 24.3 Å². The molecule has 2 saturated carbocycles. The van der Waals surface area contributed by atoms with Crippen molar-refractivity contribution < 1.29 is 14.3 Å². The van der Waals surface area contributed by atoms with Crippen molar-refractivity contribution in [3.8, 4) is 5.75 Å². The Morgan fingerprint density at radius 3 is 2.75 bits per heavy atom. The second-order valence-corrected chi connectivity index (χ2v) is 8.25. The summed E-state index contributed by atoms with van der Waals surface area (Å²) in [6.45, 7) is 2.56. The molecule has 1 saturated heterocycles. The average molecular weight is 386 g/mol. The fourth-order valence-corrected chi connectivity index (χ4v) is 3.58. The van der Waals surface area contributed by atoms with Crippen LogP contribution in [0.4, 0.5) is 4.79 Å². The summed E-state index contributed by atoms with van der Waals surface area (Å²) in [5, 5.41) is 2.30. The Labute approximate surface area is 166 Å². The van der Waals surface area contributed by atoms with Gasteiger partial charge in [0, 0.05) is 13.1 Å². The first-order valence-corrected chi connectivity index (χ1v) is 10.5. The van der Waals surface area contributed by atoms with Crippen molar-refractivity contribution in [1.29, 1.82) is 0 Å². The summed E-state index contributed by atoms with van der Waals surface area (Å²) in [5.74, 6) is 1.54. The molecular weight excluding hydrogens is 356 g/mol. The number of carbonyl (C=O) groups is 2. The molecule has 152 valence electrons. The third-order valence-corrected chi connectivity index (χ3v) is 5.74. The van der Waals surface area contributed by atoms with Gasteiger partial charge in [0.15, 0.2) is 0 Å². The minimum Gasteiger partial charge on any atom is -0.493 e. The minimum atomic E-state index is -0.260. The van der Waals surface area contributed by atoms with Gasteiger partial charge in [0.25, 0.3) is 0 Å². The quantitative estimate of drug-likeness (QED) is 0.292. The second kappa shape index (κ2) is 8.49.